The molecule has 0 aliphatic heterocycles. The summed E-state index contributed by atoms with van der Waals surface area (Å²) in [7, 11) is 0. The van der Waals surface area contributed by atoms with Crippen molar-refractivity contribution >= 4 is 34.6 Å². The minimum absolute atomic E-state index is 0.235. The van der Waals surface area contributed by atoms with Gasteiger partial charge in [-0.05, 0) is 40.2 Å². The van der Waals surface area contributed by atoms with Crippen LogP contribution in [0, 0.1) is 12.3 Å². The number of rotatable bonds is 8. The minimum Gasteiger partial charge on any atom is -0.481 e. The highest BCUT2D eigenvalue weighted by Gasteiger charge is 2.31. The molecule has 0 fully saturated rings. The quantitative estimate of drug-likeness (QED) is 0.526. The minimum atomic E-state index is -0.882. The third-order valence-electron chi connectivity index (χ3n) is 5.11. The molecule has 9 nitrogen and oxygen atoms in total. The van der Waals surface area contributed by atoms with Crippen molar-refractivity contribution in [2.45, 2.75) is 47.1 Å². The summed E-state index contributed by atoms with van der Waals surface area (Å²) in [6.45, 7) is 10.00. The van der Waals surface area contributed by atoms with E-state index in [0.29, 0.717) is 24.0 Å². The number of nitrogens with zero attached hydrogens (tertiary/aromatic N) is 5. The molecule has 1 unspecified atom stereocenters. The van der Waals surface area contributed by atoms with Gasteiger partial charge in [0.15, 0.2) is 0 Å². The van der Waals surface area contributed by atoms with Crippen molar-refractivity contribution in [1.82, 2.24) is 24.5 Å². The van der Waals surface area contributed by atoms with Crippen molar-refractivity contribution in [3.63, 3.8) is 0 Å². The van der Waals surface area contributed by atoms with E-state index in [1.165, 1.54) is 0 Å². The zero-order valence-electron chi connectivity index (χ0n) is 17.4. The summed E-state index contributed by atoms with van der Waals surface area (Å²) in [6.07, 6.45) is 3.85. The molecule has 0 aromatic carbocycles. The predicted molar refractivity (Wildman–Crippen MR) is 112 cm³/mol. The van der Waals surface area contributed by atoms with Crippen LogP contribution in [0.1, 0.15) is 46.0 Å². The van der Waals surface area contributed by atoms with Crippen LogP contribution in [-0.2, 0) is 4.79 Å². The molecule has 0 saturated heterocycles. The summed E-state index contributed by atoms with van der Waals surface area (Å²) in [4.78, 5) is 29.0. The lowest BCUT2D eigenvalue weighted by molar-refractivity contribution is -0.147. The number of nitrogens with one attached hydrogen (secondary N) is 2. The fraction of sp³-hybridized carbons (Fsp3) is 0.450. The first-order valence-electron chi connectivity index (χ1n) is 9.65. The van der Waals surface area contributed by atoms with Crippen LogP contribution in [0.15, 0.2) is 24.5 Å². The number of imidazole rings is 1. The normalized spacial score (nSPS) is 13.4. The second-order valence-corrected chi connectivity index (χ2v) is 7.64. The molecule has 0 spiro atoms. The maximum absolute atomic E-state index is 11.5. The van der Waals surface area contributed by atoms with Crippen LogP contribution in [0.5, 0.6) is 0 Å². The highest BCUT2D eigenvalue weighted by atomic mass is 16.4. The van der Waals surface area contributed by atoms with Crippen molar-refractivity contribution < 1.29 is 9.90 Å². The Bertz CT molecular complexity index is 1030. The second-order valence-electron chi connectivity index (χ2n) is 7.64. The molecule has 0 amide bonds. The van der Waals surface area contributed by atoms with Gasteiger partial charge < -0.3 is 20.3 Å². The van der Waals surface area contributed by atoms with Gasteiger partial charge in [0, 0.05) is 24.8 Å². The zero-order valence-corrected chi connectivity index (χ0v) is 17.4. The number of pyridine rings is 1. The van der Waals surface area contributed by atoms with E-state index in [9.17, 15) is 9.90 Å². The molecule has 3 N–H and O–H groups in total. The van der Waals surface area contributed by atoms with Gasteiger partial charge in [0.1, 0.15) is 23.0 Å². The van der Waals surface area contributed by atoms with E-state index in [2.05, 4.69) is 49.0 Å². The maximum Gasteiger partial charge on any atom is 0.311 e. The van der Waals surface area contributed by atoms with E-state index in [1.54, 1.807) is 25.4 Å². The number of aryl methyl sites for hydroxylation is 1. The molecule has 3 aromatic heterocycles. The summed E-state index contributed by atoms with van der Waals surface area (Å²) in [5, 5.41) is 15.6. The zero-order chi connectivity index (χ0) is 21.2. The van der Waals surface area contributed by atoms with Gasteiger partial charge >= 0.3 is 5.97 Å². The topological polar surface area (TPSA) is 118 Å². The third-order valence-corrected chi connectivity index (χ3v) is 5.11. The van der Waals surface area contributed by atoms with Gasteiger partial charge in [0.25, 0.3) is 0 Å². The van der Waals surface area contributed by atoms with Gasteiger partial charge in [-0.3, -0.25) is 4.79 Å². The van der Waals surface area contributed by atoms with Crippen LogP contribution in [0.3, 0.4) is 0 Å². The number of hydrogen-bond donors (Lipinski definition) is 3. The lowest BCUT2D eigenvalue weighted by Crippen LogP contribution is -2.34. The van der Waals surface area contributed by atoms with Crippen LogP contribution in [0.25, 0.3) is 11.0 Å². The number of aliphatic carboxylic acids is 1. The molecule has 0 aliphatic carbocycles. The first-order chi connectivity index (χ1) is 13.7. The first kappa shape index (κ1) is 20.5. The molecular weight excluding hydrogens is 370 g/mol. The maximum atomic E-state index is 11.5. The van der Waals surface area contributed by atoms with Gasteiger partial charge in [-0.25, -0.2) is 15.0 Å². The van der Waals surface area contributed by atoms with Crippen LogP contribution in [-0.4, -0.2) is 42.1 Å². The molecule has 0 saturated carbocycles. The smallest absolute Gasteiger partial charge is 0.311 e. The lowest BCUT2D eigenvalue weighted by Gasteiger charge is -2.23. The summed E-state index contributed by atoms with van der Waals surface area (Å²) in [6, 6.07) is 3.97. The number of carboxylic acids is 1. The first-order valence-corrected chi connectivity index (χ1v) is 9.65. The van der Waals surface area contributed by atoms with E-state index < -0.39 is 11.4 Å². The Kier molecular flexibility index (Phi) is 5.67. The van der Waals surface area contributed by atoms with Gasteiger partial charge in [0.2, 0.25) is 5.95 Å². The third kappa shape index (κ3) is 4.28. The molecule has 3 aromatic rings. The Morgan fingerprint density at radius 1 is 1.28 bits per heavy atom. The lowest BCUT2D eigenvalue weighted by atomic mass is 9.88. The van der Waals surface area contributed by atoms with Crippen LogP contribution < -0.4 is 10.6 Å². The van der Waals surface area contributed by atoms with E-state index in [-0.39, 0.29) is 12.6 Å². The predicted octanol–water partition coefficient (Wildman–Crippen LogP) is 3.77. The fourth-order valence-corrected chi connectivity index (χ4v) is 3.11. The summed E-state index contributed by atoms with van der Waals surface area (Å²) < 4.78 is 2.16. The van der Waals surface area contributed by atoms with E-state index >= 15 is 0 Å². The van der Waals surface area contributed by atoms with Crippen molar-refractivity contribution in [2.75, 3.05) is 17.2 Å². The van der Waals surface area contributed by atoms with Gasteiger partial charge in [-0.15, -0.1) is 0 Å². The van der Waals surface area contributed by atoms with Crippen molar-refractivity contribution in [3.8, 4) is 0 Å². The van der Waals surface area contributed by atoms with E-state index in [4.69, 9.17) is 0 Å². The molecule has 1 atom stereocenters. The van der Waals surface area contributed by atoms with Crippen LogP contribution in [0.2, 0.25) is 0 Å². The molecule has 29 heavy (non-hydrogen) atoms. The highest BCUT2D eigenvalue weighted by molar-refractivity contribution is 5.79. The Morgan fingerprint density at radius 3 is 2.69 bits per heavy atom. The molecule has 3 heterocycles. The summed E-state index contributed by atoms with van der Waals surface area (Å²) >= 11 is 0. The Morgan fingerprint density at radius 2 is 2.03 bits per heavy atom. The van der Waals surface area contributed by atoms with Gasteiger partial charge in [-0.1, -0.05) is 6.92 Å². The largest absolute Gasteiger partial charge is 0.481 e. The number of hydrogen-bond acceptors (Lipinski definition) is 7. The van der Waals surface area contributed by atoms with Crippen molar-refractivity contribution in [3.05, 3.63) is 30.4 Å². The fourth-order valence-electron chi connectivity index (χ4n) is 3.11. The van der Waals surface area contributed by atoms with Crippen LogP contribution >= 0.6 is 0 Å². The second kappa shape index (κ2) is 8.02. The Hall–Kier alpha value is -3.23. The van der Waals surface area contributed by atoms with Gasteiger partial charge in [0.05, 0.1) is 17.1 Å². The van der Waals surface area contributed by atoms with Crippen molar-refractivity contribution in [2.24, 2.45) is 5.41 Å². The number of aromatic nitrogens is 5. The Balaban J connectivity index is 1.80. The standard InChI is InChI=1S/C20H27N7O2/c1-6-20(5,18(28)29)11-23-19-21-8-7-16(26-19)25-17-9-15-14(10-22-17)24-13(4)27(15)12(2)3/h7-10,12H,6,11H2,1-5H3,(H,28,29)(H2,21,22,23,25,26). The summed E-state index contributed by atoms with van der Waals surface area (Å²) in [5.41, 5.74) is 0.967. The monoisotopic (exact) mass is 397 g/mol. The molecule has 9 heteroatoms. The van der Waals surface area contributed by atoms with E-state index in [1.807, 2.05) is 19.9 Å². The number of fused-ring (bicyclic) bond motifs is 1. The Labute approximate surface area is 169 Å². The van der Waals surface area contributed by atoms with Crippen LogP contribution in [0.4, 0.5) is 17.6 Å². The SMILES string of the molecule is CCC(C)(CNc1nccc(Nc2cc3c(cn2)nc(C)n3C(C)C)n1)C(=O)O. The van der Waals surface area contributed by atoms with E-state index in [0.717, 1.165) is 16.9 Å². The average molecular weight is 397 g/mol. The number of carbonyl (C=O) groups is 1. The molecule has 0 aliphatic rings. The molecular formula is C20H27N7O2. The molecule has 154 valence electrons. The summed E-state index contributed by atoms with van der Waals surface area (Å²) in [5.74, 6) is 1.67. The molecule has 0 bridgehead atoms. The van der Waals surface area contributed by atoms with Crippen molar-refractivity contribution in [1.29, 1.82) is 0 Å². The number of carboxylic acid groups (broad SMARTS) is 1. The molecule has 0 radical (unpaired) electrons. The van der Waals surface area contributed by atoms with Gasteiger partial charge in [-0.2, -0.15) is 4.98 Å². The number of anilines is 3. The molecule has 3 rings (SSSR count). The average Bonchev–Trinajstić information content (AvgIpc) is 3.01. The highest BCUT2D eigenvalue weighted by Crippen LogP contribution is 2.24.